The zero-order chi connectivity index (χ0) is 12.7. The van der Waals surface area contributed by atoms with Crippen molar-refractivity contribution in [3.05, 3.63) is 35.9 Å². The van der Waals surface area contributed by atoms with Gasteiger partial charge in [-0.2, -0.15) is 0 Å². The Kier molecular flexibility index (Phi) is 5.53. The molecule has 1 unspecified atom stereocenters. The molecule has 1 aromatic carbocycles. The van der Waals surface area contributed by atoms with E-state index in [-0.39, 0.29) is 0 Å². The number of nitrogens with zero attached hydrogens (tertiary/aromatic N) is 1. The van der Waals surface area contributed by atoms with Gasteiger partial charge in [0, 0.05) is 26.6 Å². The first-order valence-corrected chi connectivity index (χ1v) is 6.12. The molecule has 0 heterocycles. The zero-order valence-corrected chi connectivity index (χ0v) is 11.2. The maximum atomic E-state index is 4.13. The lowest BCUT2D eigenvalue weighted by molar-refractivity contribution is 0.489. The van der Waals surface area contributed by atoms with Crippen LogP contribution in [0.4, 0.5) is 0 Å². The predicted molar refractivity (Wildman–Crippen MR) is 74.4 cm³/mol. The fraction of sp³-hybridized carbons (Fsp3) is 0.500. The fourth-order valence-electron chi connectivity index (χ4n) is 1.92. The number of nitrogens with one attached hydrogen (secondary N) is 2. The van der Waals surface area contributed by atoms with Crippen LogP contribution in [0.25, 0.3) is 0 Å². The van der Waals surface area contributed by atoms with E-state index in [1.807, 2.05) is 7.05 Å². The van der Waals surface area contributed by atoms with E-state index in [2.05, 4.69) is 59.8 Å². The van der Waals surface area contributed by atoms with Crippen molar-refractivity contribution < 1.29 is 0 Å². The van der Waals surface area contributed by atoms with Crippen LogP contribution in [-0.2, 0) is 0 Å². The van der Waals surface area contributed by atoms with Crippen molar-refractivity contribution in [2.75, 3.05) is 20.6 Å². The van der Waals surface area contributed by atoms with E-state index >= 15 is 0 Å². The van der Waals surface area contributed by atoms with Crippen molar-refractivity contribution in [3.63, 3.8) is 0 Å². The highest BCUT2D eigenvalue weighted by Gasteiger charge is 2.15. The first-order valence-electron chi connectivity index (χ1n) is 6.12. The minimum atomic E-state index is 0.501. The summed E-state index contributed by atoms with van der Waals surface area (Å²) >= 11 is 0. The molecule has 0 amide bonds. The number of guanidine groups is 1. The molecule has 0 spiro atoms. The Morgan fingerprint density at radius 1 is 1.24 bits per heavy atom. The summed E-state index contributed by atoms with van der Waals surface area (Å²) < 4.78 is 0. The summed E-state index contributed by atoms with van der Waals surface area (Å²) in [5.41, 5.74) is 1.38. The maximum absolute atomic E-state index is 4.13. The summed E-state index contributed by atoms with van der Waals surface area (Å²) in [6.07, 6.45) is 0. The van der Waals surface area contributed by atoms with Crippen LogP contribution < -0.4 is 10.6 Å². The first kappa shape index (κ1) is 13.6. The van der Waals surface area contributed by atoms with E-state index in [0.29, 0.717) is 11.8 Å². The Morgan fingerprint density at radius 3 is 2.35 bits per heavy atom. The number of rotatable bonds is 4. The Morgan fingerprint density at radius 2 is 1.88 bits per heavy atom. The number of aliphatic imine (C=N–C) groups is 1. The van der Waals surface area contributed by atoms with Gasteiger partial charge < -0.3 is 10.6 Å². The minimum absolute atomic E-state index is 0.501. The van der Waals surface area contributed by atoms with Crippen LogP contribution >= 0.6 is 0 Å². The highest BCUT2D eigenvalue weighted by Crippen LogP contribution is 2.23. The van der Waals surface area contributed by atoms with Gasteiger partial charge in [-0.25, -0.2) is 0 Å². The summed E-state index contributed by atoms with van der Waals surface area (Å²) in [7, 11) is 3.66. The predicted octanol–water partition coefficient (Wildman–Crippen LogP) is 2.22. The van der Waals surface area contributed by atoms with Gasteiger partial charge in [-0.05, 0) is 11.5 Å². The minimum Gasteiger partial charge on any atom is -0.359 e. The van der Waals surface area contributed by atoms with E-state index in [4.69, 9.17) is 0 Å². The van der Waals surface area contributed by atoms with E-state index in [0.717, 1.165) is 12.5 Å². The lowest BCUT2D eigenvalue weighted by Crippen LogP contribution is -2.38. The Balaban J connectivity index is 2.68. The van der Waals surface area contributed by atoms with Gasteiger partial charge in [0.1, 0.15) is 0 Å². The lowest BCUT2D eigenvalue weighted by atomic mass is 9.88. The van der Waals surface area contributed by atoms with E-state index in [9.17, 15) is 0 Å². The van der Waals surface area contributed by atoms with Gasteiger partial charge in [0.25, 0.3) is 0 Å². The largest absolute Gasteiger partial charge is 0.359 e. The van der Waals surface area contributed by atoms with E-state index < -0.39 is 0 Å². The Bertz CT molecular complexity index is 344. The van der Waals surface area contributed by atoms with Crippen molar-refractivity contribution in [1.29, 1.82) is 0 Å². The third kappa shape index (κ3) is 4.10. The van der Waals surface area contributed by atoms with Gasteiger partial charge in [0.2, 0.25) is 0 Å². The second-order valence-corrected chi connectivity index (χ2v) is 4.46. The monoisotopic (exact) mass is 233 g/mol. The van der Waals surface area contributed by atoms with E-state index in [1.165, 1.54) is 5.56 Å². The lowest BCUT2D eigenvalue weighted by Gasteiger charge is -2.22. The molecule has 0 fully saturated rings. The van der Waals surface area contributed by atoms with Crippen molar-refractivity contribution in [2.45, 2.75) is 19.8 Å². The third-order valence-electron chi connectivity index (χ3n) is 2.98. The Labute approximate surface area is 104 Å². The van der Waals surface area contributed by atoms with Gasteiger partial charge >= 0.3 is 0 Å². The van der Waals surface area contributed by atoms with Gasteiger partial charge in [-0.15, -0.1) is 0 Å². The molecule has 0 aliphatic rings. The summed E-state index contributed by atoms with van der Waals surface area (Å²) in [5.74, 6) is 1.94. The third-order valence-corrected chi connectivity index (χ3v) is 2.98. The van der Waals surface area contributed by atoms with Gasteiger partial charge in [-0.3, -0.25) is 4.99 Å². The SMILES string of the molecule is CN=C(NC)NCC(c1ccccc1)C(C)C. The highest BCUT2D eigenvalue weighted by molar-refractivity contribution is 5.79. The molecular weight excluding hydrogens is 210 g/mol. The zero-order valence-electron chi connectivity index (χ0n) is 11.2. The van der Waals surface area contributed by atoms with Crippen LogP contribution in [0.5, 0.6) is 0 Å². The summed E-state index contributed by atoms with van der Waals surface area (Å²) in [5, 5.41) is 6.37. The molecule has 0 radical (unpaired) electrons. The summed E-state index contributed by atoms with van der Waals surface area (Å²) in [6.45, 7) is 5.40. The van der Waals surface area contributed by atoms with Crippen molar-refractivity contribution in [1.82, 2.24) is 10.6 Å². The standard InChI is InChI=1S/C14H23N3/c1-11(2)13(10-17-14(15-3)16-4)12-8-6-5-7-9-12/h5-9,11,13H,10H2,1-4H3,(H2,15,16,17). The van der Waals surface area contributed by atoms with Gasteiger partial charge in [-0.1, -0.05) is 44.2 Å². The van der Waals surface area contributed by atoms with Crippen LogP contribution in [0, 0.1) is 5.92 Å². The van der Waals surface area contributed by atoms with Crippen molar-refractivity contribution in [2.24, 2.45) is 10.9 Å². The number of benzene rings is 1. The smallest absolute Gasteiger partial charge is 0.190 e. The average Bonchev–Trinajstić information content (AvgIpc) is 2.35. The fourth-order valence-corrected chi connectivity index (χ4v) is 1.92. The Hall–Kier alpha value is -1.51. The van der Waals surface area contributed by atoms with E-state index in [1.54, 1.807) is 7.05 Å². The molecule has 1 rings (SSSR count). The molecular formula is C14H23N3. The molecule has 94 valence electrons. The van der Waals surface area contributed by atoms with Crippen molar-refractivity contribution >= 4 is 5.96 Å². The second kappa shape index (κ2) is 6.94. The average molecular weight is 233 g/mol. The molecule has 3 nitrogen and oxygen atoms in total. The van der Waals surface area contributed by atoms with Crippen molar-refractivity contribution in [3.8, 4) is 0 Å². The molecule has 0 saturated heterocycles. The molecule has 2 N–H and O–H groups in total. The molecule has 1 aromatic rings. The maximum Gasteiger partial charge on any atom is 0.190 e. The molecule has 1 atom stereocenters. The summed E-state index contributed by atoms with van der Waals surface area (Å²) in [4.78, 5) is 4.13. The van der Waals surface area contributed by atoms with Gasteiger partial charge in [0.05, 0.1) is 0 Å². The normalized spacial score (nSPS) is 13.6. The van der Waals surface area contributed by atoms with Crippen LogP contribution in [0.15, 0.2) is 35.3 Å². The molecule has 0 bridgehead atoms. The van der Waals surface area contributed by atoms with Gasteiger partial charge in [0.15, 0.2) is 5.96 Å². The first-order chi connectivity index (χ1) is 8.19. The number of hydrogen-bond acceptors (Lipinski definition) is 1. The topological polar surface area (TPSA) is 36.4 Å². The highest BCUT2D eigenvalue weighted by atomic mass is 15.1. The summed E-state index contributed by atoms with van der Waals surface area (Å²) in [6, 6.07) is 10.6. The number of hydrogen-bond donors (Lipinski definition) is 2. The quantitative estimate of drug-likeness (QED) is 0.618. The van der Waals surface area contributed by atoms with Crippen LogP contribution in [0.2, 0.25) is 0 Å². The molecule has 0 aliphatic heterocycles. The second-order valence-electron chi connectivity index (χ2n) is 4.46. The van der Waals surface area contributed by atoms with Crippen LogP contribution in [0.3, 0.4) is 0 Å². The molecule has 0 aliphatic carbocycles. The van der Waals surface area contributed by atoms with Crippen LogP contribution in [-0.4, -0.2) is 26.6 Å². The molecule has 0 saturated carbocycles. The molecule has 3 heteroatoms. The molecule has 17 heavy (non-hydrogen) atoms. The molecule has 0 aromatic heterocycles. The van der Waals surface area contributed by atoms with Crippen LogP contribution in [0.1, 0.15) is 25.3 Å².